The van der Waals surface area contributed by atoms with Crippen LogP contribution in [0.3, 0.4) is 0 Å². The van der Waals surface area contributed by atoms with Crippen molar-refractivity contribution in [3.05, 3.63) is 0 Å². The van der Waals surface area contributed by atoms with E-state index >= 15 is 0 Å². The zero-order chi connectivity index (χ0) is 11.4. The van der Waals surface area contributed by atoms with Gasteiger partial charge in [0.15, 0.2) is 4.34 Å². The van der Waals surface area contributed by atoms with E-state index in [0.29, 0.717) is 4.34 Å². The van der Waals surface area contributed by atoms with Crippen LogP contribution in [0.15, 0.2) is 4.34 Å². The monoisotopic (exact) mass is 259 g/mol. The van der Waals surface area contributed by atoms with Crippen molar-refractivity contribution >= 4 is 34.2 Å². The Morgan fingerprint density at radius 2 is 2.38 bits per heavy atom. The second-order valence-corrected chi connectivity index (χ2v) is 5.93. The second-order valence-electron chi connectivity index (χ2n) is 3.73. The fourth-order valence-corrected chi connectivity index (χ4v) is 2.87. The van der Waals surface area contributed by atoms with Gasteiger partial charge in [-0.3, -0.25) is 4.79 Å². The number of carboxylic acid groups (broad SMARTS) is 1. The molecule has 1 aromatic heterocycles. The van der Waals surface area contributed by atoms with Gasteiger partial charge in [-0.1, -0.05) is 29.5 Å². The van der Waals surface area contributed by atoms with Gasteiger partial charge in [0.25, 0.3) is 0 Å². The van der Waals surface area contributed by atoms with Crippen LogP contribution in [0.1, 0.15) is 19.3 Å². The lowest BCUT2D eigenvalue weighted by molar-refractivity contribution is -0.133. The van der Waals surface area contributed by atoms with Crippen LogP contribution >= 0.6 is 23.1 Å². The van der Waals surface area contributed by atoms with Gasteiger partial charge < -0.3 is 10.4 Å². The number of nitrogens with one attached hydrogen (secondary N) is 1. The summed E-state index contributed by atoms with van der Waals surface area (Å²) in [5.41, 5.74) is 0. The highest BCUT2D eigenvalue weighted by molar-refractivity contribution is 8.01. The number of nitrogens with zero attached hydrogens (tertiary/aromatic N) is 2. The van der Waals surface area contributed by atoms with Crippen molar-refractivity contribution in [2.24, 2.45) is 5.92 Å². The Hall–Kier alpha value is -0.820. The maximum Gasteiger partial charge on any atom is 0.313 e. The zero-order valence-electron chi connectivity index (χ0n) is 8.68. The number of hydrogen-bond acceptors (Lipinski definition) is 6. The van der Waals surface area contributed by atoms with E-state index in [1.54, 1.807) is 0 Å². The summed E-state index contributed by atoms with van der Waals surface area (Å²) in [7, 11) is 0. The van der Waals surface area contributed by atoms with Crippen LogP contribution in [-0.2, 0) is 4.79 Å². The van der Waals surface area contributed by atoms with Crippen molar-refractivity contribution in [2.75, 3.05) is 17.6 Å². The van der Waals surface area contributed by atoms with E-state index in [1.807, 2.05) is 0 Å². The van der Waals surface area contributed by atoms with E-state index in [-0.39, 0.29) is 5.75 Å². The van der Waals surface area contributed by atoms with Gasteiger partial charge in [-0.25, -0.2) is 0 Å². The van der Waals surface area contributed by atoms with E-state index in [4.69, 9.17) is 5.11 Å². The van der Waals surface area contributed by atoms with Gasteiger partial charge >= 0.3 is 5.97 Å². The highest BCUT2D eigenvalue weighted by atomic mass is 32.2. The molecule has 5 nitrogen and oxygen atoms in total. The molecule has 0 spiro atoms. The van der Waals surface area contributed by atoms with Gasteiger partial charge in [-0.2, -0.15) is 0 Å². The number of aromatic nitrogens is 2. The molecule has 7 heteroatoms. The normalized spacial score (nSPS) is 15.8. The summed E-state index contributed by atoms with van der Waals surface area (Å²) in [6.07, 6.45) is 3.93. The summed E-state index contributed by atoms with van der Waals surface area (Å²) in [6, 6.07) is 0. The SMILES string of the molecule is O=C(O)CSc1nnc(NCC2CCC2)s1. The molecule has 1 heterocycles. The van der Waals surface area contributed by atoms with Crippen molar-refractivity contribution in [1.82, 2.24) is 10.2 Å². The van der Waals surface area contributed by atoms with Gasteiger partial charge in [0.1, 0.15) is 0 Å². The fourth-order valence-electron chi connectivity index (χ4n) is 1.39. The lowest BCUT2D eigenvalue weighted by Gasteiger charge is -2.24. The molecule has 16 heavy (non-hydrogen) atoms. The number of carboxylic acids is 1. The highest BCUT2D eigenvalue weighted by Crippen LogP contribution is 2.28. The largest absolute Gasteiger partial charge is 0.481 e. The van der Waals surface area contributed by atoms with Gasteiger partial charge in [0, 0.05) is 6.54 Å². The Kier molecular flexibility index (Phi) is 4.00. The first-order valence-electron chi connectivity index (χ1n) is 5.16. The minimum Gasteiger partial charge on any atom is -0.481 e. The number of aliphatic carboxylic acids is 1. The Bertz CT molecular complexity index is 365. The van der Waals surface area contributed by atoms with Gasteiger partial charge in [-0.15, -0.1) is 10.2 Å². The van der Waals surface area contributed by atoms with Gasteiger partial charge in [0.2, 0.25) is 5.13 Å². The minimum absolute atomic E-state index is 0.0389. The molecular weight excluding hydrogens is 246 g/mol. The Labute approximate surface area is 102 Å². The van der Waals surface area contributed by atoms with Crippen molar-refractivity contribution in [3.8, 4) is 0 Å². The van der Waals surface area contributed by atoms with Crippen LogP contribution < -0.4 is 5.32 Å². The summed E-state index contributed by atoms with van der Waals surface area (Å²) in [4.78, 5) is 10.4. The molecule has 1 saturated carbocycles. The Morgan fingerprint density at radius 1 is 1.56 bits per heavy atom. The molecule has 1 aliphatic carbocycles. The molecule has 2 N–H and O–H groups in total. The van der Waals surface area contributed by atoms with Crippen LogP contribution in [-0.4, -0.2) is 33.6 Å². The van der Waals surface area contributed by atoms with Gasteiger partial charge in [0.05, 0.1) is 5.75 Å². The number of carbonyl (C=O) groups is 1. The first kappa shape index (κ1) is 11.7. The molecule has 0 radical (unpaired) electrons. The maximum absolute atomic E-state index is 10.4. The first-order chi connectivity index (χ1) is 7.74. The third-order valence-corrected chi connectivity index (χ3v) is 4.49. The number of rotatable bonds is 6. The molecule has 0 unspecified atom stereocenters. The Morgan fingerprint density at radius 3 is 3.00 bits per heavy atom. The molecule has 1 aromatic rings. The van der Waals surface area contributed by atoms with Crippen LogP contribution in [0.25, 0.3) is 0 Å². The smallest absolute Gasteiger partial charge is 0.313 e. The number of thioether (sulfide) groups is 1. The van der Waals surface area contributed by atoms with E-state index in [0.717, 1.165) is 17.6 Å². The van der Waals surface area contributed by atoms with Crippen LogP contribution in [0.4, 0.5) is 5.13 Å². The zero-order valence-corrected chi connectivity index (χ0v) is 10.3. The summed E-state index contributed by atoms with van der Waals surface area (Å²) in [5.74, 6) is -0.0136. The van der Waals surface area contributed by atoms with Crippen LogP contribution in [0, 0.1) is 5.92 Å². The van der Waals surface area contributed by atoms with E-state index in [2.05, 4.69) is 15.5 Å². The van der Waals surface area contributed by atoms with Crippen LogP contribution in [0.5, 0.6) is 0 Å². The van der Waals surface area contributed by atoms with E-state index < -0.39 is 5.97 Å². The van der Waals surface area contributed by atoms with Crippen molar-refractivity contribution in [2.45, 2.75) is 23.6 Å². The standard InChI is InChI=1S/C9H13N3O2S2/c13-7(14)5-15-9-12-11-8(16-9)10-4-6-2-1-3-6/h6H,1-5H2,(H,10,11)(H,13,14). The molecule has 0 atom stereocenters. The fraction of sp³-hybridized carbons (Fsp3) is 0.667. The van der Waals surface area contributed by atoms with E-state index in [9.17, 15) is 4.79 Å². The minimum atomic E-state index is -0.829. The average Bonchev–Trinajstić information content (AvgIpc) is 2.60. The quantitative estimate of drug-likeness (QED) is 0.760. The van der Waals surface area contributed by atoms with Crippen LogP contribution in [0.2, 0.25) is 0 Å². The predicted octanol–water partition coefficient (Wildman–Crippen LogP) is 1.93. The first-order valence-corrected chi connectivity index (χ1v) is 6.96. The highest BCUT2D eigenvalue weighted by Gasteiger charge is 2.17. The molecular formula is C9H13N3O2S2. The molecule has 0 saturated heterocycles. The molecule has 0 aromatic carbocycles. The lowest BCUT2D eigenvalue weighted by Crippen LogP contribution is -2.20. The molecule has 1 fully saturated rings. The van der Waals surface area contributed by atoms with Crippen molar-refractivity contribution < 1.29 is 9.90 Å². The average molecular weight is 259 g/mol. The molecule has 0 amide bonds. The summed E-state index contributed by atoms with van der Waals surface area (Å²) < 4.78 is 0.707. The third-order valence-electron chi connectivity index (χ3n) is 2.49. The maximum atomic E-state index is 10.4. The number of hydrogen-bond donors (Lipinski definition) is 2. The summed E-state index contributed by atoms with van der Waals surface area (Å²) in [6.45, 7) is 0.957. The van der Waals surface area contributed by atoms with Gasteiger partial charge in [-0.05, 0) is 18.8 Å². The second kappa shape index (κ2) is 5.49. The molecule has 0 bridgehead atoms. The summed E-state index contributed by atoms with van der Waals surface area (Å²) in [5, 5.41) is 20.4. The molecule has 2 rings (SSSR count). The topological polar surface area (TPSA) is 75.1 Å². The predicted molar refractivity (Wildman–Crippen MR) is 64.1 cm³/mol. The lowest BCUT2D eigenvalue weighted by atomic mass is 9.86. The van der Waals surface area contributed by atoms with E-state index in [1.165, 1.54) is 42.4 Å². The third kappa shape index (κ3) is 3.34. The summed E-state index contributed by atoms with van der Waals surface area (Å²) >= 11 is 2.63. The molecule has 1 aliphatic rings. The van der Waals surface area contributed by atoms with Crippen molar-refractivity contribution in [3.63, 3.8) is 0 Å². The molecule has 88 valence electrons. The number of anilines is 1. The Balaban J connectivity index is 1.74. The van der Waals surface area contributed by atoms with Crippen molar-refractivity contribution in [1.29, 1.82) is 0 Å². The molecule has 0 aliphatic heterocycles.